The molecule has 1 aliphatic heterocycles. The van der Waals surface area contributed by atoms with E-state index in [1.807, 2.05) is 12.1 Å². The van der Waals surface area contributed by atoms with Crippen molar-refractivity contribution in [3.63, 3.8) is 0 Å². The molecule has 0 unspecified atom stereocenters. The topological polar surface area (TPSA) is 29.5 Å². The normalized spacial score (nSPS) is 16.1. The lowest BCUT2D eigenvalue weighted by Crippen LogP contribution is -2.33. The maximum absolute atomic E-state index is 12.2. The Hall–Kier alpha value is 0.840. The van der Waals surface area contributed by atoms with Crippen LogP contribution in [0.25, 0.3) is 0 Å². The molecule has 1 heterocycles. The first-order valence-electron chi connectivity index (χ1n) is 6.62. The molecule has 110 valence electrons. The fourth-order valence-electron chi connectivity index (χ4n) is 2.24. The average molecular weight is 611 g/mol. The molecular formula is C14H16I3NO2. The van der Waals surface area contributed by atoms with Gasteiger partial charge in [-0.2, -0.15) is 0 Å². The summed E-state index contributed by atoms with van der Waals surface area (Å²) >= 11 is 6.66. The molecule has 6 heteroatoms. The van der Waals surface area contributed by atoms with Crippen LogP contribution in [0, 0.1) is 10.7 Å². The minimum Gasteiger partial charge on any atom is -0.461 e. The fraction of sp³-hybridized carbons (Fsp3) is 0.500. The van der Waals surface area contributed by atoms with Crippen molar-refractivity contribution in [1.82, 2.24) is 4.90 Å². The Labute approximate surface area is 160 Å². The predicted octanol–water partition coefficient (Wildman–Crippen LogP) is 4.14. The van der Waals surface area contributed by atoms with Crippen LogP contribution in [-0.2, 0) is 4.74 Å². The second-order valence-corrected chi connectivity index (χ2v) is 8.16. The van der Waals surface area contributed by atoms with Crippen molar-refractivity contribution in [3.8, 4) is 0 Å². The van der Waals surface area contributed by atoms with E-state index in [1.165, 1.54) is 19.3 Å². The van der Waals surface area contributed by atoms with E-state index in [0.717, 1.165) is 30.3 Å². The average Bonchev–Trinajstić information content (AvgIpc) is 2.44. The van der Waals surface area contributed by atoms with Crippen LogP contribution in [-0.4, -0.2) is 37.1 Å². The van der Waals surface area contributed by atoms with E-state index in [-0.39, 0.29) is 5.97 Å². The van der Waals surface area contributed by atoms with E-state index >= 15 is 0 Å². The lowest BCUT2D eigenvalue weighted by molar-refractivity contribution is 0.0449. The third kappa shape index (κ3) is 4.67. The first kappa shape index (κ1) is 17.2. The molecule has 3 nitrogen and oxygen atoms in total. The molecule has 1 aromatic rings. The number of carbonyl (C=O) groups is 1. The molecule has 0 amide bonds. The zero-order valence-corrected chi connectivity index (χ0v) is 17.5. The largest absolute Gasteiger partial charge is 0.461 e. The van der Waals surface area contributed by atoms with Gasteiger partial charge in [0, 0.05) is 17.3 Å². The van der Waals surface area contributed by atoms with Gasteiger partial charge >= 0.3 is 5.97 Å². The summed E-state index contributed by atoms with van der Waals surface area (Å²) in [6.45, 7) is 3.60. The van der Waals surface area contributed by atoms with E-state index < -0.39 is 0 Å². The van der Waals surface area contributed by atoms with Crippen molar-refractivity contribution in [3.05, 3.63) is 28.4 Å². The molecular weight excluding hydrogens is 595 g/mol. The maximum Gasteiger partial charge on any atom is 0.340 e. The van der Waals surface area contributed by atoms with Gasteiger partial charge in [0.15, 0.2) is 0 Å². The zero-order chi connectivity index (χ0) is 14.5. The standard InChI is InChI=1S/C14H16I3NO2/c15-10-4-5-11(16)13(17)12(10)14(19)20-9-8-18-6-2-1-3-7-18/h4-5H,1-3,6-9H2. The van der Waals surface area contributed by atoms with Gasteiger partial charge in [-0.3, -0.25) is 4.90 Å². The number of carbonyl (C=O) groups excluding carboxylic acids is 1. The van der Waals surface area contributed by atoms with Crippen molar-refractivity contribution >= 4 is 73.7 Å². The Bertz CT molecular complexity index is 488. The molecule has 1 aromatic carbocycles. The van der Waals surface area contributed by atoms with Gasteiger partial charge in [-0.25, -0.2) is 4.79 Å². The molecule has 0 aliphatic carbocycles. The van der Waals surface area contributed by atoms with E-state index in [2.05, 4.69) is 72.7 Å². The van der Waals surface area contributed by atoms with Gasteiger partial charge in [-0.05, 0) is 106 Å². The summed E-state index contributed by atoms with van der Waals surface area (Å²) in [5, 5.41) is 0. The van der Waals surface area contributed by atoms with Crippen molar-refractivity contribution in [2.45, 2.75) is 19.3 Å². The molecule has 1 fully saturated rings. The highest BCUT2D eigenvalue weighted by Gasteiger charge is 2.18. The van der Waals surface area contributed by atoms with Crippen molar-refractivity contribution in [2.24, 2.45) is 0 Å². The molecule has 2 rings (SSSR count). The molecule has 0 N–H and O–H groups in total. The van der Waals surface area contributed by atoms with Crippen LogP contribution in [0.5, 0.6) is 0 Å². The number of esters is 1. The van der Waals surface area contributed by atoms with E-state index in [0.29, 0.717) is 12.2 Å². The smallest absolute Gasteiger partial charge is 0.340 e. The zero-order valence-electron chi connectivity index (χ0n) is 11.0. The minimum atomic E-state index is -0.200. The van der Waals surface area contributed by atoms with Crippen molar-refractivity contribution < 1.29 is 9.53 Å². The lowest BCUT2D eigenvalue weighted by atomic mass is 10.1. The van der Waals surface area contributed by atoms with Gasteiger partial charge in [0.2, 0.25) is 0 Å². The number of rotatable bonds is 4. The van der Waals surface area contributed by atoms with Gasteiger partial charge < -0.3 is 4.74 Å². The van der Waals surface area contributed by atoms with Gasteiger partial charge in [-0.1, -0.05) is 6.42 Å². The summed E-state index contributed by atoms with van der Waals surface area (Å²) < 4.78 is 8.48. The quantitative estimate of drug-likeness (QED) is 0.292. The molecule has 20 heavy (non-hydrogen) atoms. The number of likely N-dealkylation sites (tertiary alicyclic amines) is 1. The summed E-state index contributed by atoms with van der Waals surface area (Å²) in [7, 11) is 0. The van der Waals surface area contributed by atoms with Gasteiger partial charge in [0.25, 0.3) is 0 Å². The summed E-state index contributed by atoms with van der Waals surface area (Å²) in [4.78, 5) is 14.6. The third-order valence-electron chi connectivity index (χ3n) is 3.34. The van der Waals surface area contributed by atoms with E-state index in [9.17, 15) is 4.79 Å². The molecule has 0 saturated carbocycles. The second-order valence-electron chi connectivity index (χ2n) is 4.76. The first-order valence-corrected chi connectivity index (χ1v) is 9.86. The fourth-order valence-corrected chi connectivity index (χ4v) is 4.56. The van der Waals surface area contributed by atoms with E-state index in [1.54, 1.807) is 0 Å². The SMILES string of the molecule is O=C(OCCN1CCCCC1)c1c(I)ccc(I)c1I. The summed E-state index contributed by atoms with van der Waals surface area (Å²) in [6, 6.07) is 3.99. The van der Waals surface area contributed by atoms with Crippen LogP contribution in [0.15, 0.2) is 12.1 Å². The number of nitrogens with zero attached hydrogens (tertiary/aromatic N) is 1. The maximum atomic E-state index is 12.2. The van der Waals surface area contributed by atoms with E-state index in [4.69, 9.17) is 4.74 Å². The molecule has 0 radical (unpaired) electrons. The monoisotopic (exact) mass is 611 g/mol. The highest BCUT2D eigenvalue weighted by molar-refractivity contribution is 14.1. The number of benzene rings is 1. The molecule has 1 saturated heterocycles. The van der Waals surface area contributed by atoms with Gasteiger partial charge in [0.1, 0.15) is 6.61 Å². The summed E-state index contributed by atoms with van der Waals surface area (Å²) in [6.07, 6.45) is 3.86. The predicted molar refractivity (Wildman–Crippen MR) is 105 cm³/mol. The third-order valence-corrected chi connectivity index (χ3v) is 7.29. The number of halogens is 3. The molecule has 0 bridgehead atoms. The Kier molecular flexibility index (Phi) is 7.28. The van der Waals surface area contributed by atoms with Crippen molar-refractivity contribution in [2.75, 3.05) is 26.2 Å². The number of piperidine rings is 1. The summed E-state index contributed by atoms with van der Waals surface area (Å²) in [5.74, 6) is -0.200. The van der Waals surface area contributed by atoms with Crippen LogP contribution in [0.4, 0.5) is 0 Å². The molecule has 0 aromatic heterocycles. The molecule has 0 spiro atoms. The van der Waals surface area contributed by atoms with Crippen LogP contribution in [0.3, 0.4) is 0 Å². The highest BCUT2D eigenvalue weighted by Crippen LogP contribution is 2.25. The van der Waals surface area contributed by atoms with Crippen LogP contribution >= 0.6 is 67.8 Å². The number of ether oxygens (including phenoxy) is 1. The van der Waals surface area contributed by atoms with Gasteiger partial charge in [0.05, 0.1) is 5.56 Å². The summed E-state index contributed by atoms with van der Waals surface area (Å²) in [5.41, 5.74) is 0.705. The van der Waals surface area contributed by atoms with Crippen LogP contribution in [0.1, 0.15) is 29.6 Å². The Morgan fingerprint density at radius 1 is 1.10 bits per heavy atom. The van der Waals surface area contributed by atoms with Crippen LogP contribution < -0.4 is 0 Å². The van der Waals surface area contributed by atoms with Gasteiger partial charge in [-0.15, -0.1) is 0 Å². The Morgan fingerprint density at radius 2 is 1.75 bits per heavy atom. The number of hydrogen-bond acceptors (Lipinski definition) is 3. The molecule has 1 aliphatic rings. The lowest BCUT2D eigenvalue weighted by Gasteiger charge is -2.26. The number of hydrogen-bond donors (Lipinski definition) is 0. The van der Waals surface area contributed by atoms with Crippen LogP contribution in [0.2, 0.25) is 0 Å². The Balaban J connectivity index is 1.90. The second kappa shape index (κ2) is 8.47. The molecule has 0 atom stereocenters. The van der Waals surface area contributed by atoms with Crippen molar-refractivity contribution in [1.29, 1.82) is 0 Å². The highest BCUT2D eigenvalue weighted by atomic mass is 127. The Morgan fingerprint density at radius 3 is 2.45 bits per heavy atom. The first-order chi connectivity index (χ1) is 9.59. The minimum absolute atomic E-state index is 0.200.